The van der Waals surface area contributed by atoms with Crippen LogP contribution in [0.3, 0.4) is 0 Å². The first kappa shape index (κ1) is 11.7. The van der Waals surface area contributed by atoms with Crippen molar-refractivity contribution < 1.29 is 0 Å². The molecule has 1 N–H and O–H groups in total. The lowest BCUT2D eigenvalue weighted by atomic mass is 9.97. The van der Waals surface area contributed by atoms with Crippen LogP contribution in [-0.2, 0) is 0 Å². The van der Waals surface area contributed by atoms with Crippen molar-refractivity contribution in [2.45, 2.75) is 13.8 Å². The number of halogens is 2. The van der Waals surface area contributed by atoms with Gasteiger partial charge in [0.2, 0.25) is 0 Å². The number of hydrogen-bond acceptors (Lipinski definition) is 3. The zero-order valence-electron chi connectivity index (χ0n) is 8.22. The molecule has 0 spiro atoms. The zero-order chi connectivity index (χ0) is 10.6. The molecule has 1 aromatic heterocycles. The normalized spacial score (nSPS) is 11.4. The van der Waals surface area contributed by atoms with Gasteiger partial charge in [0, 0.05) is 18.6 Å². The molecule has 14 heavy (non-hydrogen) atoms. The minimum Gasteiger partial charge on any atom is -0.368 e. The van der Waals surface area contributed by atoms with Gasteiger partial charge in [0.15, 0.2) is 0 Å². The van der Waals surface area contributed by atoms with Crippen LogP contribution in [0.2, 0.25) is 0 Å². The van der Waals surface area contributed by atoms with Crippen molar-refractivity contribution in [2.75, 3.05) is 17.7 Å². The molecule has 0 bridgehead atoms. The minimum atomic E-state index is 0.0615. The Morgan fingerprint density at radius 2 is 2.29 bits per heavy atom. The molecule has 0 aromatic carbocycles. The van der Waals surface area contributed by atoms with Gasteiger partial charge >= 0.3 is 0 Å². The maximum atomic E-state index is 5.81. The van der Waals surface area contributed by atoms with Crippen LogP contribution in [0.15, 0.2) is 17.0 Å². The summed E-state index contributed by atoms with van der Waals surface area (Å²) in [6.45, 7) is 4.98. The average Bonchev–Trinajstić information content (AvgIpc) is 2.17. The lowest BCUT2D eigenvalue weighted by molar-refractivity contribution is 0.449. The minimum absolute atomic E-state index is 0.0615. The lowest BCUT2D eigenvalue weighted by Crippen LogP contribution is -2.25. The Balaban J connectivity index is 2.58. The van der Waals surface area contributed by atoms with Gasteiger partial charge in [-0.2, -0.15) is 0 Å². The second kappa shape index (κ2) is 4.94. The van der Waals surface area contributed by atoms with E-state index in [1.165, 1.54) is 6.33 Å². The van der Waals surface area contributed by atoms with Gasteiger partial charge in [-0.1, -0.05) is 13.8 Å². The molecule has 0 saturated carbocycles. The van der Waals surface area contributed by atoms with Gasteiger partial charge in [-0.15, -0.1) is 11.6 Å². The third kappa shape index (κ3) is 3.42. The van der Waals surface area contributed by atoms with Crippen molar-refractivity contribution >= 4 is 33.3 Å². The summed E-state index contributed by atoms with van der Waals surface area (Å²) in [7, 11) is 0. The Labute approximate surface area is 97.4 Å². The maximum absolute atomic E-state index is 5.81. The average molecular weight is 279 g/mol. The monoisotopic (exact) mass is 277 g/mol. The van der Waals surface area contributed by atoms with E-state index in [4.69, 9.17) is 11.6 Å². The van der Waals surface area contributed by atoms with E-state index in [2.05, 4.69) is 45.1 Å². The fraction of sp³-hybridized carbons (Fsp3) is 0.556. The van der Waals surface area contributed by atoms with E-state index in [0.717, 1.165) is 16.8 Å². The van der Waals surface area contributed by atoms with E-state index < -0.39 is 0 Å². The number of nitrogens with zero attached hydrogens (tertiary/aromatic N) is 2. The van der Waals surface area contributed by atoms with Crippen LogP contribution >= 0.6 is 27.5 Å². The van der Waals surface area contributed by atoms with Gasteiger partial charge in [-0.3, -0.25) is 0 Å². The number of nitrogens with one attached hydrogen (secondary N) is 1. The largest absolute Gasteiger partial charge is 0.368 e. The van der Waals surface area contributed by atoms with E-state index in [-0.39, 0.29) is 5.41 Å². The predicted octanol–water partition coefficient (Wildman–Crippen LogP) is 2.92. The Morgan fingerprint density at radius 1 is 1.57 bits per heavy atom. The van der Waals surface area contributed by atoms with Crippen LogP contribution in [0.5, 0.6) is 0 Å². The Hall–Kier alpha value is -0.350. The number of rotatable bonds is 4. The highest BCUT2D eigenvalue weighted by Crippen LogP contribution is 2.21. The van der Waals surface area contributed by atoms with Crippen molar-refractivity contribution in [1.29, 1.82) is 0 Å². The molecule has 0 aliphatic carbocycles. The molecule has 78 valence electrons. The fourth-order valence-electron chi connectivity index (χ4n) is 0.813. The van der Waals surface area contributed by atoms with Gasteiger partial charge in [0.1, 0.15) is 12.1 Å². The number of anilines is 1. The Kier molecular flexibility index (Phi) is 4.13. The van der Waals surface area contributed by atoms with Crippen LogP contribution < -0.4 is 5.32 Å². The summed E-state index contributed by atoms with van der Waals surface area (Å²) in [6.07, 6.45) is 3.23. The number of hydrogen-bond donors (Lipinski definition) is 1. The first-order valence-corrected chi connectivity index (χ1v) is 5.63. The summed E-state index contributed by atoms with van der Waals surface area (Å²) in [5.74, 6) is 1.42. The third-order valence-corrected chi connectivity index (χ3v) is 3.07. The van der Waals surface area contributed by atoms with E-state index in [1.807, 2.05) is 0 Å². The first-order valence-electron chi connectivity index (χ1n) is 4.30. The standard InChI is InChI=1S/C9H13BrClN3/c1-9(2,4-11)5-13-8-7(10)3-12-6-14-8/h3,6H,4-5H2,1-2H3,(H,12,13,14). The summed E-state index contributed by atoms with van der Waals surface area (Å²) >= 11 is 9.18. The molecule has 1 aromatic rings. The van der Waals surface area contributed by atoms with Gasteiger partial charge < -0.3 is 5.32 Å². The summed E-state index contributed by atoms with van der Waals surface area (Å²) in [6, 6.07) is 0. The molecular weight excluding hydrogens is 265 g/mol. The second-order valence-electron chi connectivity index (χ2n) is 3.87. The van der Waals surface area contributed by atoms with Crippen LogP contribution in [0.1, 0.15) is 13.8 Å². The summed E-state index contributed by atoms with van der Waals surface area (Å²) < 4.78 is 0.866. The molecule has 0 atom stereocenters. The lowest BCUT2D eigenvalue weighted by Gasteiger charge is -2.22. The van der Waals surface area contributed by atoms with E-state index in [1.54, 1.807) is 6.20 Å². The maximum Gasteiger partial charge on any atom is 0.143 e. The first-order chi connectivity index (χ1) is 6.55. The SMILES string of the molecule is CC(C)(CCl)CNc1ncncc1Br. The molecule has 0 saturated heterocycles. The zero-order valence-corrected chi connectivity index (χ0v) is 10.6. The molecule has 1 heterocycles. The molecular formula is C9H13BrClN3. The smallest absolute Gasteiger partial charge is 0.143 e. The van der Waals surface area contributed by atoms with Crippen molar-refractivity contribution in [3.05, 3.63) is 17.0 Å². The van der Waals surface area contributed by atoms with Gasteiger partial charge in [-0.25, -0.2) is 9.97 Å². The van der Waals surface area contributed by atoms with Crippen LogP contribution in [0, 0.1) is 5.41 Å². The molecule has 0 aliphatic rings. The highest BCUT2D eigenvalue weighted by molar-refractivity contribution is 9.10. The molecule has 0 unspecified atom stereocenters. The number of aromatic nitrogens is 2. The predicted molar refractivity (Wildman–Crippen MR) is 62.7 cm³/mol. The van der Waals surface area contributed by atoms with Gasteiger partial charge in [-0.05, 0) is 21.3 Å². The molecule has 5 heteroatoms. The van der Waals surface area contributed by atoms with E-state index in [9.17, 15) is 0 Å². The molecule has 0 aliphatic heterocycles. The van der Waals surface area contributed by atoms with E-state index >= 15 is 0 Å². The van der Waals surface area contributed by atoms with Gasteiger partial charge in [0.25, 0.3) is 0 Å². The van der Waals surface area contributed by atoms with Crippen molar-refractivity contribution in [3.63, 3.8) is 0 Å². The molecule has 3 nitrogen and oxygen atoms in total. The molecule has 0 amide bonds. The van der Waals surface area contributed by atoms with Gasteiger partial charge in [0.05, 0.1) is 4.47 Å². The fourth-order valence-corrected chi connectivity index (χ4v) is 1.27. The molecule has 1 rings (SSSR count). The summed E-state index contributed by atoms with van der Waals surface area (Å²) in [5, 5.41) is 3.22. The Morgan fingerprint density at radius 3 is 2.86 bits per heavy atom. The highest BCUT2D eigenvalue weighted by atomic mass is 79.9. The molecule has 0 fully saturated rings. The van der Waals surface area contributed by atoms with Crippen LogP contribution in [-0.4, -0.2) is 22.4 Å². The van der Waals surface area contributed by atoms with E-state index in [0.29, 0.717) is 5.88 Å². The van der Waals surface area contributed by atoms with Crippen molar-refractivity contribution in [2.24, 2.45) is 5.41 Å². The van der Waals surface area contributed by atoms with Crippen molar-refractivity contribution in [3.8, 4) is 0 Å². The van der Waals surface area contributed by atoms with Crippen LogP contribution in [0.4, 0.5) is 5.82 Å². The van der Waals surface area contributed by atoms with Crippen molar-refractivity contribution in [1.82, 2.24) is 9.97 Å². The second-order valence-corrected chi connectivity index (χ2v) is 4.99. The molecule has 0 radical (unpaired) electrons. The quantitative estimate of drug-likeness (QED) is 0.861. The summed E-state index contributed by atoms with van der Waals surface area (Å²) in [4.78, 5) is 7.99. The topological polar surface area (TPSA) is 37.8 Å². The number of alkyl halides is 1. The van der Waals surface area contributed by atoms with Crippen LogP contribution in [0.25, 0.3) is 0 Å². The Bertz CT molecular complexity index is 304. The highest BCUT2D eigenvalue weighted by Gasteiger charge is 2.16. The summed E-state index contributed by atoms with van der Waals surface area (Å²) in [5.41, 5.74) is 0.0615. The third-order valence-electron chi connectivity index (χ3n) is 1.76.